The second-order valence-electron chi connectivity index (χ2n) is 4.58. The van der Waals surface area contributed by atoms with Crippen LogP contribution < -0.4 is 5.32 Å². The molecule has 0 amide bonds. The van der Waals surface area contributed by atoms with Gasteiger partial charge >= 0.3 is 0 Å². The van der Waals surface area contributed by atoms with Crippen LogP contribution >= 0.6 is 11.6 Å². The number of nitrogens with zero attached hydrogens (tertiary/aromatic N) is 3. The molecular formula is C14H10ClN5O2. The molecule has 4 aromatic rings. The summed E-state index contributed by atoms with van der Waals surface area (Å²) >= 11 is 6.19. The van der Waals surface area contributed by atoms with Crippen molar-refractivity contribution in [3.63, 3.8) is 0 Å². The summed E-state index contributed by atoms with van der Waals surface area (Å²) in [6.07, 6.45) is 3.34. The van der Waals surface area contributed by atoms with Gasteiger partial charge in [0.05, 0.1) is 17.8 Å². The van der Waals surface area contributed by atoms with Crippen molar-refractivity contribution in [1.29, 1.82) is 0 Å². The van der Waals surface area contributed by atoms with Gasteiger partial charge < -0.3 is 19.2 Å². The third-order valence-corrected chi connectivity index (χ3v) is 3.42. The van der Waals surface area contributed by atoms with E-state index < -0.39 is 0 Å². The molecule has 4 rings (SSSR count). The van der Waals surface area contributed by atoms with Crippen molar-refractivity contribution in [2.45, 2.75) is 6.54 Å². The first kappa shape index (κ1) is 12.9. The van der Waals surface area contributed by atoms with Gasteiger partial charge in [-0.2, -0.15) is 4.98 Å². The monoisotopic (exact) mass is 315 g/mol. The lowest BCUT2D eigenvalue weighted by Crippen LogP contribution is -2.03. The maximum absolute atomic E-state index is 6.19. The van der Waals surface area contributed by atoms with Crippen LogP contribution in [-0.2, 0) is 6.54 Å². The number of hydrogen-bond acceptors (Lipinski definition) is 6. The van der Waals surface area contributed by atoms with Crippen LogP contribution in [0.15, 0.2) is 45.7 Å². The molecule has 0 spiro atoms. The van der Waals surface area contributed by atoms with E-state index in [9.17, 15) is 0 Å². The molecule has 0 aromatic carbocycles. The van der Waals surface area contributed by atoms with Gasteiger partial charge in [-0.05, 0) is 24.3 Å². The number of fused-ring (bicyclic) bond motifs is 1. The van der Waals surface area contributed by atoms with Crippen molar-refractivity contribution >= 4 is 28.5 Å². The minimum Gasteiger partial charge on any atom is -0.459 e. The number of H-pyrrole nitrogens is 1. The summed E-state index contributed by atoms with van der Waals surface area (Å²) in [6.45, 7) is 0.361. The molecule has 22 heavy (non-hydrogen) atoms. The van der Waals surface area contributed by atoms with Gasteiger partial charge in [-0.15, -0.1) is 0 Å². The van der Waals surface area contributed by atoms with E-state index in [2.05, 4.69) is 25.4 Å². The number of hydrogen-bond donors (Lipinski definition) is 2. The first-order valence-corrected chi connectivity index (χ1v) is 6.91. The van der Waals surface area contributed by atoms with Crippen LogP contribution in [0.25, 0.3) is 22.7 Å². The number of rotatable bonds is 4. The number of aromatic amines is 1. The Morgan fingerprint density at radius 1 is 1.27 bits per heavy atom. The SMILES string of the molecule is Clc1cc(NCc2noc(-c3ccco3)n2)nc2[nH]ccc12. The Hall–Kier alpha value is -2.80. The van der Waals surface area contributed by atoms with Crippen LogP contribution in [0.1, 0.15) is 5.82 Å². The quantitative estimate of drug-likeness (QED) is 0.599. The average Bonchev–Trinajstić information content (AvgIpc) is 3.25. The van der Waals surface area contributed by atoms with Gasteiger partial charge in [-0.3, -0.25) is 0 Å². The van der Waals surface area contributed by atoms with E-state index in [4.69, 9.17) is 20.5 Å². The molecule has 2 N–H and O–H groups in total. The van der Waals surface area contributed by atoms with Crippen molar-refractivity contribution in [1.82, 2.24) is 20.1 Å². The van der Waals surface area contributed by atoms with Crippen LogP contribution in [0, 0.1) is 0 Å². The van der Waals surface area contributed by atoms with Crippen LogP contribution in [-0.4, -0.2) is 20.1 Å². The summed E-state index contributed by atoms with van der Waals surface area (Å²) < 4.78 is 10.3. The summed E-state index contributed by atoms with van der Waals surface area (Å²) in [4.78, 5) is 11.7. The zero-order valence-electron chi connectivity index (χ0n) is 11.2. The molecule has 0 atom stereocenters. The number of nitrogens with one attached hydrogen (secondary N) is 2. The van der Waals surface area contributed by atoms with Gasteiger partial charge in [0.2, 0.25) is 0 Å². The highest BCUT2D eigenvalue weighted by atomic mass is 35.5. The average molecular weight is 316 g/mol. The Bertz CT molecular complexity index is 913. The Morgan fingerprint density at radius 3 is 3.09 bits per heavy atom. The fraction of sp³-hybridized carbons (Fsp3) is 0.0714. The molecule has 0 unspecified atom stereocenters. The second kappa shape index (κ2) is 5.19. The topological polar surface area (TPSA) is 92.8 Å². The van der Waals surface area contributed by atoms with E-state index in [0.717, 1.165) is 11.0 Å². The Kier molecular flexibility index (Phi) is 3.05. The van der Waals surface area contributed by atoms with E-state index in [0.29, 0.717) is 34.9 Å². The molecule has 4 aromatic heterocycles. The highest BCUT2D eigenvalue weighted by molar-refractivity contribution is 6.35. The van der Waals surface area contributed by atoms with Crippen molar-refractivity contribution in [3.05, 3.63) is 47.6 Å². The normalized spacial score (nSPS) is 11.1. The molecular weight excluding hydrogens is 306 g/mol. The minimum atomic E-state index is 0.340. The predicted octanol–water partition coefficient (Wildman–Crippen LogP) is 3.47. The number of aromatic nitrogens is 4. The predicted molar refractivity (Wildman–Crippen MR) is 80.4 cm³/mol. The number of anilines is 1. The molecule has 0 aliphatic carbocycles. The molecule has 0 aliphatic heterocycles. The summed E-state index contributed by atoms with van der Waals surface area (Å²) in [7, 11) is 0. The summed E-state index contributed by atoms with van der Waals surface area (Å²) in [5.74, 6) is 2.00. The molecule has 0 saturated heterocycles. The maximum Gasteiger partial charge on any atom is 0.293 e. The number of pyridine rings is 1. The van der Waals surface area contributed by atoms with Crippen LogP contribution in [0.5, 0.6) is 0 Å². The van der Waals surface area contributed by atoms with Crippen molar-refractivity contribution < 1.29 is 8.94 Å². The van der Waals surface area contributed by atoms with Gasteiger partial charge in [0.1, 0.15) is 11.5 Å². The van der Waals surface area contributed by atoms with Gasteiger partial charge in [0.25, 0.3) is 5.89 Å². The van der Waals surface area contributed by atoms with E-state index in [1.54, 1.807) is 30.7 Å². The summed E-state index contributed by atoms with van der Waals surface area (Å²) in [5, 5.41) is 8.50. The highest BCUT2D eigenvalue weighted by Crippen LogP contribution is 2.24. The zero-order valence-corrected chi connectivity index (χ0v) is 12.0. The van der Waals surface area contributed by atoms with E-state index in [-0.39, 0.29) is 0 Å². The van der Waals surface area contributed by atoms with Gasteiger partial charge in [0.15, 0.2) is 11.6 Å². The first-order chi connectivity index (χ1) is 10.8. The summed E-state index contributed by atoms with van der Waals surface area (Å²) in [5.41, 5.74) is 0.722. The molecule has 0 radical (unpaired) electrons. The van der Waals surface area contributed by atoms with Crippen LogP contribution in [0.4, 0.5) is 5.82 Å². The molecule has 110 valence electrons. The number of halogens is 1. The number of furan rings is 1. The lowest BCUT2D eigenvalue weighted by Gasteiger charge is -2.03. The zero-order chi connectivity index (χ0) is 14.9. The minimum absolute atomic E-state index is 0.340. The Morgan fingerprint density at radius 2 is 2.23 bits per heavy atom. The summed E-state index contributed by atoms with van der Waals surface area (Å²) in [6, 6.07) is 7.15. The van der Waals surface area contributed by atoms with Crippen molar-refractivity contribution in [3.8, 4) is 11.7 Å². The largest absolute Gasteiger partial charge is 0.459 e. The lowest BCUT2D eigenvalue weighted by molar-refractivity contribution is 0.410. The molecule has 7 nitrogen and oxygen atoms in total. The molecule has 0 bridgehead atoms. The van der Waals surface area contributed by atoms with Crippen molar-refractivity contribution in [2.24, 2.45) is 0 Å². The lowest BCUT2D eigenvalue weighted by atomic mass is 10.3. The second-order valence-corrected chi connectivity index (χ2v) is 4.98. The maximum atomic E-state index is 6.19. The first-order valence-electron chi connectivity index (χ1n) is 6.53. The van der Waals surface area contributed by atoms with E-state index in [1.807, 2.05) is 6.07 Å². The van der Waals surface area contributed by atoms with Gasteiger partial charge in [-0.25, -0.2) is 4.98 Å². The Labute approximate surface area is 129 Å². The van der Waals surface area contributed by atoms with Gasteiger partial charge in [-0.1, -0.05) is 16.8 Å². The molecule has 0 saturated carbocycles. The molecule has 0 aliphatic rings. The third kappa shape index (κ3) is 2.31. The molecule has 8 heteroatoms. The molecule has 4 heterocycles. The van der Waals surface area contributed by atoms with E-state index >= 15 is 0 Å². The third-order valence-electron chi connectivity index (χ3n) is 3.11. The Balaban J connectivity index is 1.52. The van der Waals surface area contributed by atoms with Gasteiger partial charge in [0, 0.05) is 11.6 Å². The smallest absolute Gasteiger partial charge is 0.293 e. The van der Waals surface area contributed by atoms with E-state index in [1.165, 1.54) is 0 Å². The standard InChI is InChI=1S/C14H10ClN5O2/c15-9-6-11(18-13-8(9)3-4-16-13)17-7-12-19-14(22-20-12)10-2-1-5-21-10/h1-6H,7H2,(H2,16,17,18). The van der Waals surface area contributed by atoms with Crippen molar-refractivity contribution in [2.75, 3.05) is 5.32 Å². The van der Waals surface area contributed by atoms with Crippen LogP contribution in [0.3, 0.4) is 0 Å². The fourth-order valence-electron chi connectivity index (χ4n) is 2.08. The highest BCUT2D eigenvalue weighted by Gasteiger charge is 2.11. The molecule has 0 fully saturated rings. The fourth-order valence-corrected chi connectivity index (χ4v) is 2.34. The van der Waals surface area contributed by atoms with Crippen LogP contribution in [0.2, 0.25) is 5.02 Å².